The summed E-state index contributed by atoms with van der Waals surface area (Å²) < 4.78 is 1.05. The third-order valence-corrected chi connectivity index (χ3v) is 5.29. The first-order valence-corrected chi connectivity index (χ1v) is 7.97. The van der Waals surface area contributed by atoms with Gasteiger partial charge in [-0.3, -0.25) is 4.79 Å². The number of amides is 1. The van der Waals surface area contributed by atoms with Crippen LogP contribution in [0.15, 0.2) is 22.7 Å². The Kier molecular flexibility index (Phi) is 3.66. The summed E-state index contributed by atoms with van der Waals surface area (Å²) in [4.78, 5) is 12.2. The van der Waals surface area contributed by atoms with E-state index in [2.05, 4.69) is 21.2 Å². The molecule has 2 saturated carbocycles. The van der Waals surface area contributed by atoms with Crippen LogP contribution in [-0.2, 0) is 4.79 Å². The number of anilines is 1. The summed E-state index contributed by atoms with van der Waals surface area (Å²) in [5.74, 6) is 2.55. The minimum absolute atomic E-state index is 0.183. The van der Waals surface area contributed by atoms with Crippen molar-refractivity contribution in [3.63, 3.8) is 0 Å². The third kappa shape index (κ3) is 2.86. The van der Waals surface area contributed by atoms with E-state index < -0.39 is 0 Å². The monoisotopic (exact) mass is 321 g/mol. The summed E-state index contributed by atoms with van der Waals surface area (Å²) in [7, 11) is 0. The van der Waals surface area contributed by atoms with Gasteiger partial charge in [0.05, 0.1) is 0 Å². The van der Waals surface area contributed by atoms with Gasteiger partial charge in [-0.1, -0.05) is 22.4 Å². The second-order valence-corrected chi connectivity index (χ2v) is 7.06. The maximum atomic E-state index is 12.2. The lowest BCUT2D eigenvalue weighted by atomic mass is 9.86. The van der Waals surface area contributed by atoms with E-state index in [1.54, 1.807) is 0 Å². The molecular weight excluding hydrogens is 302 g/mol. The van der Waals surface area contributed by atoms with Crippen molar-refractivity contribution in [3.8, 4) is 0 Å². The fourth-order valence-electron chi connectivity index (χ4n) is 3.83. The standard InChI is InChI=1S/C16H20BrNO/c1-10-6-14(17)4-5-15(10)18-16(19)9-13-8-11-2-3-12(13)7-11/h4-6,11-13H,2-3,7-9H2,1H3,(H,18,19)/t11-,12-,13-/m0/s1. The van der Waals surface area contributed by atoms with Gasteiger partial charge < -0.3 is 5.32 Å². The molecule has 0 heterocycles. The second kappa shape index (κ2) is 5.28. The summed E-state index contributed by atoms with van der Waals surface area (Å²) in [6.07, 6.45) is 6.10. The van der Waals surface area contributed by atoms with Gasteiger partial charge in [-0.05, 0) is 67.7 Å². The normalized spacial score (nSPS) is 28.6. The van der Waals surface area contributed by atoms with Crippen LogP contribution in [0.1, 0.15) is 37.7 Å². The van der Waals surface area contributed by atoms with Gasteiger partial charge in [0.25, 0.3) is 0 Å². The molecule has 0 aromatic heterocycles. The Balaban J connectivity index is 1.59. The number of nitrogens with one attached hydrogen (secondary N) is 1. The molecule has 0 saturated heterocycles. The smallest absolute Gasteiger partial charge is 0.224 e. The number of rotatable bonds is 3. The van der Waals surface area contributed by atoms with Gasteiger partial charge in [0.2, 0.25) is 5.91 Å². The average Bonchev–Trinajstić information content (AvgIpc) is 2.95. The first-order chi connectivity index (χ1) is 9.11. The fraction of sp³-hybridized carbons (Fsp3) is 0.562. The Labute approximate surface area is 123 Å². The van der Waals surface area contributed by atoms with E-state index in [1.807, 2.05) is 25.1 Å². The minimum Gasteiger partial charge on any atom is -0.326 e. The number of halogens is 1. The number of carbonyl (C=O) groups is 1. The molecule has 1 aromatic carbocycles. The molecule has 2 fully saturated rings. The van der Waals surface area contributed by atoms with Gasteiger partial charge >= 0.3 is 0 Å². The Morgan fingerprint density at radius 2 is 2.21 bits per heavy atom. The SMILES string of the molecule is Cc1cc(Br)ccc1NC(=O)C[C@@H]1C[C@H]2CC[C@H]1C2. The molecule has 0 radical (unpaired) electrons. The number of hydrogen-bond acceptors (Lipinski definition) is 1. The Bertz CT molecular complexity index is 500. The van der Waals surface area contributed by atoms with Gasteiger partial charge in [-0.2, -0.15) is 0 Å². The molecule has 0 unspecified atom stereocenters. The van der Waals surface area contributed by atoms with E-state index in [0.717, 1.165) is 27.6 Å². The zero-order valence-corrected chi connectivity index (χ0v) is 12.9. The Morgan fingerprint density at radius 3 is 2.84 bits per heavy atom. The lowest BCUT2D eigenvalue weighted by Gasteiger charge is -2.21. The molecule has 19 heavy (non-hydrogen) atoms. The van der Waals surface area contributed by atoms with Gasteiger partial charge in [-0.15, -0.1) is 0 Å². The Hall–Kier alpha value is -0.830. The van der Waals surface area contributed by atoms with Crippen LogP contribution in [-0.4, -0.2) is 5.91 Å². The van der Waals surface area contributed by atoms with E-state index in [9.17, 15) is 4.79 Å². The highest BCUT2D eigenvalue weighted by molar-refractivity contribution is 9.10. The van der Waals surface area contributed by atoms with Crippen molar-refractivity contribution in [2.24, 2.45) is 17.8 Å². The molecule has 2 aliphatic rings. The highest BCUT2D eigenvalue weighted by Gasteiger charge is 2.40. The van der Waals surface area contributed by atoms with Crippen molar-refractivity contribution < 1.29 is 4.79 Å². The molecule has 1 N–H and O–H groups in total. The van der Waals surface area contributed by atoms with Crippen molar-refractivity contribution in [2.75, 3.05) is 5.32 Å². The van der Waals surface area contributed by atoms with Crippen molar-refractivity contribution >= 4 is 27.5 Å². The maximum Gasteiger partial charge on any atom is 0.224 e. The van der Waals surface area contributed by atoms with Crippen LogP contribution in [0.25, 0.3) is 0 Å². The highest BCUT2D eigenvalue weighted by Crippen LogP contribution is 2.49. The highest BCUT2D eigenvalue weighted by atomic mass is 79.9. The zero-order chi connectivity index (χ0) is 13.4. The molecule has 1 aromatic rings. The van der Waals surface area contributed by atoms with Gasteiger partial charge in [0, 0.05) is 16.6 Å². The lowest BCUT2D eigenvalue weighted by Crippen LogP contribution is -2.20. The van der Waals surface area contributed by atoms with Gasteiger partial charge in [-0.25, -0.2) is 0 Å². The fourth-order valence-corrected chi connectivity index (χ4v) is 4.31. The topological polar surface area (TPSA) is 29.1 Å². The first kappa shape index (κ1) is 13.2. The van der Waals surface area contributed by atoms with Gasteiger partial charge in [0.15, 0.2) is 0 Å². The van der Waals surface area contributed by atoms with Crippen molar-refractivity contribution in [2.45, 2.75) is 39.0 Å². The van der Waals surface area contributed by atoms with E-state index in [0.29, 0.717) is 12.3 Å². The third-order valence-electron chi connectivity index (χ3n) is 4.79. The van der Waals surface area contributed by atoms with E-state index in [-0.39, 0.29) is 5.91 Å². The molecular formula is C16H20BrNO. The molecule has 0 spiro atoms. The van der Waals surface area contributed by atoms with Gasteiger partial charge in [0.1, 0.15) is 0 Å². The number of benzene rings is 1. The van der Waals surface area contributed by atoms with Crippen LogP contribution in [0.5, 0.6) is 0 Å². The molecule has 102 valence electrons. The molecule has 2 bridgehead atoms. The molecule has 3 rings (SSSR count). The molecule has 2 aliphatic carbocycles. The van der Waals surface area contributed by atoms with Crippen LogP contribution in [0.4, 0.5) is 5.69 Å². The van der Waals surface area contributed by atoms with E-state index >= 15 is 0 Å². The number of carbonyl (C=O) groups excluding carboxylic acids is 1. The van der Waals surface area contributed by atoms with Crippen molar-refractivity contribution in [1.29, 1.82) is 0 Å². The molecule has 0 aliphatic heterocycles. The number of aryl methyl sites for hydroxylation is 1. The van der Waals surface area contributed by atoms with Crippen LogP contribution in [0.3, 0.4) is 0 Å². The first-order valence-electron chi connectivity index (χ1n) is 7.18. The van der Waals surface area contributed by atoms with Crippen LogP contribution >= 0.6 is 15.9 Å². The average molecular weight is 322 g/mol. The van der Waals surface area contributed by atoms with E-state index in [1.165, 1.54) is 25.7 Å². The number of fused-ring (bicyclic) bond motifs is 2. The molecule has 1 amide bonds. The zero-order valence-electron chi connectivity index (χ0n) is 11.3. The maximum absolute atomic E-state index is 12.2. The summed E-state index contributed by atoms with van der Waals surface area (Å²) in [5.41, 5.74) is 2.05. The van der Waals surface area contributed by atoms with Crippen LogP contribution < -0.4 is 5.32 Å². The number of hydrogen-bond donors (Lipinski definition) is 1. The van der Waals surface area contributed by atoms with Crippen molar-refractivity contribution in [3.05, 3.63) is 28.2 Å². The minimum atomic E-state index is 0.183. The summed E-state index contributed by atoms with van der Waals surface area (Å²) in [5, 5.41) is 3.06. The molecule has 3 atom stereocenters. The quantitative estimate of drug-likeness (QED) is 0.871. The summed E-state index contributed by atoms with van der Waals surface area (Å²) in [6.45, 7) is 2.03. The summed E-state index contributed by atoms with van der Waals surface area (Å²) >= 11 is 3.44. The lowest BCUT2D eigenvalue weighted by molar-refractivity contribution is -0.117. The van der Waals surface area contributed by atoms with Crippen LogP contribution in [0.2, 0.25) is 0 Å². The summed E-state index contributed by atoms with van der Waals surface area (Å²) in [6, 6.07) is 5.98. The molecule has 3 heteroatoms. The predicted molar refractivity (Wildman–Crippen MR) is 81.1 cm³/mol. The Morgan fingerprint density at radius 1 is 1.37 bits per heavy atom. The molecule has 2 nitrogen and oxygen atoms in total. The second-order valence-electron chi connectivity index (χ2n) is 6.15. The largest absolute Gasteiger partial charge is 0.326 e. The van der Waals surface area contributed by atoms with Crippen molar-refractivity contribution in [1.82, 2.24) is 0 Å². The van der Waals surface area contributed by atoms with Crippen LogP contribution in [0, 0.1) is 24.7 Å². The van der Waals surface area contributed by atoms with E-state index in [4.69, 9.17) is 0 Å². The predicted octanol–water partition coefficient (Wildman–Crippen LogP) is 4.52.